The zero-order valence-electron chi connectivity index (χ0n) is 15.8. The summed E-state index contributed by atoms with van der Waals surface area (Å²) in [6.07, 6.45) is 5.85. The SMILES string of the molecule is O=C(OCC(=O)N1CC=C(c2ccccc2)CC1)c1ccc(-n2cncn2)cc1. The lowest BCUT2D eigenvalue weighted by Crippen LogP contribution is -2.37. The molecule has 0 saturated carbocycles. The second-order valence-corrected chi connectivity index (χ2v) is 6.65. The molecule has 3 aromatic rings. The van der Waals surface area contributed by atoms with Crippen molar-refractivity contribution in [3.63, 3.8) is 0 Å². The summed E-state index contributed by atoms with van der Waals surface area (Å²) in [5.74, 6) is -0.720. The van der Waals surface area contributed by atoms with Crippen LogP contribution in [0.25, 0.3) is 11.3 Å². The minimum absolute atomic E-state index is 0.194. The molecule has 0 fully saturated rings. The van der Waals surface area contributed by atoms with E-state index < -0.39 is 5.97 Å². The average Bonchev–Trinajstić information content (AvgIpc) is 3.33. The van der Waals surface area contributed by atoms with Crippen LogP contribution >= 0.6 is 0 Å². The summed E-state index contributed by atoms with van der Waals surface area (Å²) >= 11 is 0. The summed E-state index contributed by atoms with van der Waals surface area (Å²) in [5.41, 5.74) is 3.58. The molecule has 2 heterocycles. The van der Waals surface area contributed by atoms with Crippen molar-refractivity contribution in [1.29, 1.82) is 0 Å². The first-order chi connectivity index (χ1) is 14.2. The summed E-state index contributed by atoms with van der Waals surface area (Å²) in [4.78, 5) is 30.2. The Morgan fingerprint density at radius 1 is 1.03 bits per heavy atom. The van der Waals surface area contributed by atoms with Gasteiger partial charge in [0, 0.05) is 13.1 Å². The predicted molar refractivity (Wildman–Crippen MR) is 107 cm³/mol. The van der Waals surface area contributed by atoms with Crippen LogP contribution in [-0.2, 0) is 9.53 Å². The predicted octanol–water partition coefficient (Wildman–Crippen LogP) is 2.74. The first-order valence-corrected chi connectivity index (χ1v) is 9.35. The molecule has 7 nitrogen and oxygen atoms in total. The van der Waals surface area contributed by atoms with Crippen LogP contribution in [0.3, 0.4) is 0 Å². The van der Waals surface area contributed by atoms with Crippen LogP contribution in [0.2, 0.25) is 0 Å². The van der Waals surface area contributed by atoms with Crippen LogP contribution in [0.5, 0.6) is 0 Å². The number of amides is 1. The molecule has 0 bridgehead atoms. The van der Waals surface area contributed by atoms with Crippen LogP contribution in [0.1, 0.15) is 22.3 Å². The van der Waals surface area contributed by atoms with E-state index in [9.17, 15) is 9.59 Å². The second-order valence-electron chi connectivity index (χ2n) is 6.65. The monoisotopic (exact) mass is 388 g/mol. The van der Waals surface area contributed by atoms with Crippen LogP contribution < -0.4 is 0 Å². The fraction of sp³-hybridized carbons (Fsp3) is 0.182. The van der Waals surface area contributed by atoms with Gasteiger partial charge in [-0.3, -0.25) is 4.79 Å². The van der Waals surface area contributed by atoms with E-state index in [0.717, 1.165) is 12.1 Å². The average molecular weight is 388 g/mol. The van der Waals surface area contributed by atoms with E-state index in [-0.39, 0.29) is 12.5 Å². The number of rotatable bonds is 5. The van der Waals surface area contributed by atoms with E-state index in [0.29, 0.717) is 18.7 Å². The van der Waals surface area contributed by atoms with Gasteiger partial charge in [-0.1, -0.05) is 36.4 Å². The van der Waals surface area contributed by atoms with Gasteiger partial charge in [-0.25, -0.2) is 14.5 Å². The molecule has 7 heteroatoms. The molecule has 0 radical (unpaired) electrons. The molecule has 1 aliphatic rings. The Balaban J connectivity index is 1.29. The van der Waals surface area contributed by atoms with Gasteiger partial charge < -0.3 is 9.64 Å². The van der Waals surface area contributed by atoms with E-state index in [1.165, 1.54) is 17.5 Å². The second kappa shape index (κ2) is 8.52. The third kappa shape index (κ3) is 4.40. The van der Waals surface area contributed by atoms with Gasteiger partial charge >= 0.3 is 5.97 Å². The number of carbonyl (C=O) groups is 2. The highest BCUT2D eigenvalue weighted by Gasteiger charge is 2.19. The van der Waals surface area contributed by atoms with Gasteiger partial charge in [0.15, 0.2) is 6.61 Å². The van der Waals surface area contributed by atoms with Crippen molar-refractivity contribution in [3.8, 4) is 5.69 Å². The van der Waals surface area contributed by atoms with Gasteiger partial charge in [-0.05, 0) is 41.8 Å². The highest BCUT2D eigenvalue weighted by molar-refractivity contribution is 5.91. The Morgan fingerprint density at radius 3 is 2.48 bits per heavy atom. The minimum Gasteiger partial charge on any atom is -0.452 e. The molecular formula is C22H20N4O3. The van der Waals surface area contributed by atoms with Gasteiger partial charge in [0.25, 0.3) is 5.91 Å². The first kappa shape index (κ1) is 18.6. The number of esters is 1. The standard InChI is InChI=1S/C22H20N4O3/c27-21(25-12-10-18(11-13-25)17-4-2-1-3-5-17)14-29-22(28)19-6-8-20(9-7-19)26-16-23-15-24-26/h1-10,15-16H,11-14H2. The maximum atomic E-state index is 12.4. The van der Waals surface area contributed by atoms with Gasteiger partial charge in [0.2, 0.25) is 0 Å². The fourth-order valence-electron chi connectivity index (χ4n) is 3.20. The highest BCUT2D eigenvalue weighted by atomic mass is 16.5. The number of benzene rings is 2. The molecule has 0 unspecified atom stereocenters. The van der Waals surface area contributed by atoms with Crippen molar-refractivity contribution in [2.75, 3.05) is 19.7 Å². The molecule has 1 aliphatic heterocycles. The summed E-state index contributed by atoms with van der Waals surface area (Å²) in [5, 5.41) is 4.03. The van der Waals surface area contributed by atoms with E-state index in [1.54, 1.807) is 40.2 Å². The zero-order chi connectivity index (χ0) is 20.1. The molecule has 1 aromatic heterocycles. The van der Waals surface area contributed by atoms with Crippen molar-refractivity contribution in [2.45, 2.75) is 6.42 Å². The van der Waals surface area contributed by atoms with E-state index in [4.69, 9.17) is 4.74 Å². The molecule has 0 atom stereocenters. The van der Waals surface area contributed by atoms with Crippen LogP contribution in [0.4, 0.5) is 0 Å². The Hall–Kier alpha value is -3.74. The molecule has 0 aliphatic carbocycles. The largest absolute Gasteiger partial charge is 0.452 e. The van der Waals surface area contributed by atoms with Crippen molar-refractivity contribution >= 4 is 17.4 Å². The van der Waals surface area contributed by atoms with Crippen molar-refractivity contribution in [2.24, 2.45) is 0 Å². The van der Waals surface area contributed by atoms with Crippen LogP contribution in [-0.4, -0.2) is 51.2 Å². The third-order valence-corrected chi connectivity index (χ3v) is 4.82. The summed E-state index contributed by atoms with van der Waals surface area (Å²) in [7, 11) is 0. The van der Waals surface area contributed by atoms with Crippen molar-refractivity contribution < 1.29 is 14.3 Å². The van der Waals surface area contributed by atoms with Gasteiger partial charge in [0.1, 0.15) is 12.7 Å². The first-order valence-electron chi connectivity index (χ1n) is 9.35. The summed E-state index contributed by atoms with van der Waals surface area (Å²) in [6, 6.07) is 16.9. The van der Waals surface area contributed by atoms with Gasteiger partial charge in [0.05, 0.1) is 11.3 Å². The van der Waals surface area contributed by atoms with Gasteiger partial charge in [-0.2, -0.15) is 5.10 Å². The Morgan fingerprint density at radius 2 is 1.83 bits per heavy atom. The Labute approximate surface area is 168 Å². The quantitative estimate of drug-likeness (QED) is 0.628. The summed E-state index contributed by atoms with van der Waals surface area (Å²) in [6.45, 7) is 0.870. The van der Waals surface area contributed by atoms with Crippen molar-refractivity contribution in [3.05, 3.63) is 84.5 Å². The topological polar surface area (TPSA) is 77.3 Å². The lowest BCUT2D eigenvalue weighted by atomic mass is 10.00. The molecule has 1 amide bonds. The smallest absolute Gasteiger partial charge is 0.338 e. The molecule has 4 rings (SSSR count). The molecule has 2 aromatic carbocycles. The number of hydrogen-bond donors (Lipinski definition) is 0. The van der Waals surface area contributed by atoms with E-state index >= 15 is 0 Å². The lowest BCUT2D eigenvalue weighted by molar-refractivity contribution is -0.134. The van der Waals surface area contributed by atoms with Crippen LogP contribution in [0, 0.1) is 0 Å². The third-order valence-electron chi connectivity index (χ3n) is 4.82. The zero-order valence-corrected chi connectivity index (χ0v) is 15.8. The molecule has 146 valence electrons. The molecule has 0 saturated heterocycles. The molecule has 29 heavy (non-hydrogen) atoms. The normalized spacial score (nSPS) is 13.7. The maximum absolute atomic E-state index is 12.4. The number of hydrogen-bond acceptors (Lipinski definition) is 5. The maximum Gasteiger partial charge on any atom is 0.338 e. The minimum atomic E-state index is -0.527. The molecule has 0 spiro atoms. The van der Waals surface area contributed by atoms with E-state index in [2.05, 4.69) is 28.3 Å². The van der Waals surface area contributed by atoms with Crippen LogP contribution in [0.15, 0.2) is 73.3 Å². The Kier molecular flexibility index (Phi) is 5.47. The van der Waals surface area contributed by atoms with Crippen molar-refractivity contribution in [1.82, 2.24) is 19.7 Å². The fourth-order valence-corrected chi connectivity index (χ4v) is 3.20. The highest BCUT2D eigenvalue weighted by Crippen LogP contribution is 2.22. The van der Waals surface area contributed by atoms with Gasteiger partial charge in [-0.15, -0.1) is 0 Å². The summed E-state index contributed by atoms with van der Waals surface area (Å²) < 4.78 is 6.79. The van der Waals surface area contributed by atoms with E-state index in [1.807, 2.05) is 18.2 Å². The number of carbonyl (C=O) groups excluding carboxylic acids is 2. The number of aromatic nitrogens is 3. The lowest BCUT2D eigenvalue weighted by Gasteiger charge is -2.26. The molecular weight excluding hydrogens is 368 g/mol. The number of nitrogens with zero attached hydrogens (tertiary/aromatic N) is 4. The Bertz CT molecular complexity index is 1010. The molecule has 0 N–H and O–H groups in total. The number of ether oxygens (including phenoxy) is 1.